The Kier molecular flexibility index (Phi) is 4.29. The van der Waals surface area contributed by atoms with E-state index in [9.17, 15) is 0 Å². The van der Waals surface area contributed by atoms with Gasteiger partial charge in [0.15, 0.2) is 0 Å². The molecule has 0 N–H and O–H groups in total. The van der Waals surface area contributed by atoms with Crippen molar-refractivity contribution in [3.8, 4) is 0 Å². The van der Waals surface area contributed by atoms with Gasteiger partial charge >= 0.3 is 7.12 Å². The maximum Gasteiger partial charge on any atom is 0.516 e. The van der Waals surface area contributed by atoms with E-state index in [0.29, 0.717) is 12.0 Å². The van der Waals surface area contributed by atoms with Gasteiger partial charge in [-0.2, -0.15) is 0 Å². The molecule has 0 spiro atoms. The molecular formula is C16H29BN2O2. The van der Waals surface area contributed by atoms with E-state index in [1.807, 2.05) is 0 Å². The molecule has 0 aliphatic carbocycles. The summed E-state index contributed by atoms with van der Waals surface area (Å²) < 4.78 is 14.5. The Morgan fingerprint density at radius 1 is 1.14 bits per heavy atom. The molecule has 1 aromatic heterocycles. The van der Waals surface area contributed by atoms with E-state index in [0.717, 1.165) is 17.8 Å². The lowest BCUT2D eigenvalue weighted by atomic mass is 9.86. The normalized spacial score (nSPS) is 22.0. The summed E-state index contributed by atoms with van der Waals surface area (Å²) in [7, 11) is -0.377. The van der Waals surface area contributed by atoms with Crippen molar-refractivity contribution >= 4 is 12.7 Å². The van der Waals surface area contributed by atoms with Gasteiger partial charge in [-0.15, -0.1) is 0 Å². The van der Waals surface area contributed by atoms with E-state index in [4.69, 9.17) is 14.3 Å². The zero-order chi connectivity index (χ0) is 16.0. The Morgan fingerprint density at radius 2 is 1.67 bits per heavy atom. The van der Waals surface area contributed by atoms with Crippen LogP contribution in [-0.4, -0.2) is 27.9 Å². The van der Waals surface area contributed by atoms with Crippen molar-refractivity contribution in [1.82, 2.24) is 9.55 Å². The average molecular weight is 292 g/mol. The van der Waals surface area contributed by atoms with Crippen molar-refractivity contribution in [3.63, 3.8) is 0 Å². The first kappa shape index (κ1) is 16.6. The molecule has 1 unspecified atom stereocenters. The Bertz CT molecular complexity index is 492. The maximum absolute atomic E-state index is 6.11. The van der Waals surface area contributed by atoms with E-state index in [1.54, 1.807) is 0 Å². The number of aromatic nitrogens is 2. The topological polar surface area (TPSA) is 36.3 Å². The van der Waals surface area contributed by atoms with Gasteiger partial charge in [0, 0.05) is 18.2 Å². The van der Waals surface area contributed by atoms with Crippen LogP contribution in [0.1, 0.15) is 79.6 Å². The molecular weight excluding hydrogens is 263 g/mol. The van der Waals surface area contributed by atoms with Crippen molar-refractivity contribution in [2.24, 2.45) is 0 Å². The molecule has 0 radical (unpaired) electrons. The lowest BCUT2D eigenvalue weighted by molar-refractivity contribution is 0.00578. The molecule has 0 aromatic carbocycles. The second-order valence-electron chi connectivity index (χ2n) is 7.43. The summed E-state index contributed by atoms with van der Waals surface area (Å²) in [6.07, 6.45) is 3.19. The zero-order valence-corrected chi connectivity index (χ0v) is 14.7. The third-order valence-corrected chi connectivity index (χ3v) is 4.86. The number of imidazole rings is 1. The predicted molar refractivity (Wildman–Crippen MR) is 87.0 cm³/mol. The van der Waals surface area contributed by atoms with Gasteiger partial charge in [-0.3, -0.25) is 0 Å². The molecule has 2 heterocycles. The van der Waals surface area contributed by atoms with Crippen LogP contribution in [-0.2, 0) is 9.31 Å². The first-order valence-electron chi connectivity index (χ1n) is 8.03. The summed E-state index contributed by atoms with van der Waals surface area (Å²) in [6.45, 7) is 17.1. The van der Waals surface area contributed by atoms with E-state index < -0.39 is 0 Å². The van der Waals surface area contributed by atoms with Crippen LogP contribution in [0.15, 0.2) is 6.20 Å². The van der Waals surface area contributed by atoms with Crippen LogP contribution in [0, 0.1) is 0 Å². The quantitative estimate of drug-likeness (QED) is 0.799. The summed E-state index contributed by atoms with van der Waals surface area (Å²) in [4.78, 5) is 4.80. The average Bonchev–Trinajstić information content (AvgIpc) is 2.88. The van der Waals surface area contributed by atoms with Crippen LogP contribution in [0.5, 0.6) is 0 Å². The highest BCUT2D eigenvalue weighted by Crippen LogP contribution is 2.36. The monoisotopic (exact) mass is 292 g/mol. The smallest absolute Gasteiger partial charge is 0.398 e. The first-order valence-corrected chi connectivity index (χ1v) is 8.03. The lowest BCUT2D eigenvalue weighted by Gasteiger charge is -2.32. The van der Waals surface area contributed by atoms with Gasteiger partial charge in [0.25, 0.3) is 0 Å². The van der Waals surface area contributed by atoms with Gasteiger partial charge in [-0.1, -0.05) is 20.8 Å². The van der Waals surface area contributed by atoms with Crippen LogP contribution in [0.2, 0.25) is 0 Å². The first-order chi connectivity index (χ1) is 9.59. The second-order valence-corrected chi connectivity index (χ2v) is 7.43. The van der Waals surface area contributed by atoms with Crippen molar-refractivity contribution in [3.05, 3.63) is 12.0 Å². The molecule has 1 aromatic rings. The van der Waals surface area contributed by atoms with Crippen molar-refractivity contribution < 1.29 is 9.31 Å². The van der Waals surface area contributed by atoms with Crippen molar-refractivity contribution in [1.29, 1.82) is 0 Å². The molecule has 21 heavy (non-hydrogen) atoms. The van der Waals surface area contributed by atoms with Gasteiger partial charge in [0.05, 0.1) is 16.8 Å². The predicted octanol–water partition coefficient (Wildman–Crippen LogP) is 3.28. The molecule has 0 amide bonds. The highest BCUT2D eigenvalue weighted by molar-refractivity contribution is 6.61. The molecule has 4 nitrogen and oxygen atoms in total. The summed E-state index contributed by atoms with van der Waals surface area (Å²) >= 11 is 0. The summed E-state index contributed by atoms with van der Waals surface area (Å²) in [5, 5.41) is 0. The fourth-order valence-corrected chi connectivity index (χ4v) is 2.48. The summed E-state index contributed by atoms with van der Waals surface area (Å²) in [5.74, 6) is 1.49. The van der Waals surface area contributed by atoms with E-state index in [1.165, 1.54) is 0 Å². The molecule has 0 bridgehead atoms. The van der Waals surface area contributed by atoms with Crippen LogP contribution < -0.4 is 5.59 Å². The lowest BCUT2D eigenvalue weighted by Crippen LogP contribution is -2.41. The van der Waals surface area contributed by atoms with Gasteiger partial charge in [0.2, 0.25) is 0 Å². The van der Waals surface area contributed by atoms with Crippen LogP contribution in [0.4, 0.5) is 0 Å². The molecule has 1 aliphatic rings. The highest BCUT2D eigenvalue weighted by Gasteiger charge is 2.52. The van der Waals surface area contributed by atoms with Gasteiger partial charge in [-0.25, -0.2) is 4.98 Å². The third-order valence-electron chi connectivity index (χ3n) is 4.86. The van der Waals surface area contributed by atoms with Crippen molar-refractivity contribution in [2.75, 3.05) is 0 Å². The van der Waals surface area contributed by atoms with Crippen molar-refractivity contribution in [2.45, 2.75) is 85.0 Å². The molecule has 0 saturated carbocycles. The number of hydrogen-bond acceptors (Lipinski definition) is 3. The van der Waals surface area contributed by atoms with E-state index >= 15 is 0 Å². The SMILES string of the molecule is CCC(C)n1cc(B2OC(C)(C)C(C)(C)O2)nc1C(C)C. The van der Waals surface area contributed by atoms with Crippen LogP contribution in [0.3, 0.4) is 0 Å². The van der Waals surface area contributed by atoms with Gasteiger partial charge in [0.1, 0.15) is 5.82 Å². The highest BCUT2D eigenvalue weighted by atomic mass is 16.7. The summed E-state index contributed by atoms with van der Waals surface area (Å²) in [5.41, 5.74) is 0.240. The Balaban J connectivity index is 2.34. The third kappa shape index (κ3) is 2.91. The largest absolute Gasteiger partial charge is 0.516 e. The van der Waals surface area contributed by atoms with E-state index in [2.05, 4.69) is 66.2 Å². The molecule has 118 valence electrons. The van der Waals surface area contributed by atoms with Gasteiger partial charge in [-0.05, 0) is 41.0 Å². The minimum atomic E-state index is -0.377. The number of hydrogen-bond donors (Lipinski definition) is 0. The molecule has 1 aliphatic heterocycles. The minimum Gasteiger partial charge on any atom is -0.398 e. The fraction of sp³-hybridized carbons (Fsp3) is 0.812. The molecule has 1 atom stereocenters. The second kappa shape index (κ2) is 5.43. The van der Waals surface area contributed by atoms with Gasteiger partial charge < -0.3 is 13.9 Å². The number of nitrogens with zero attached hydrogens (tertiary/aromatic N) is 2. The Labute approximate surface area is 129 Å². The van der Waals surface area contributed by atoms with Crippen LogP contribution in [0.25, 0.3) is 0 Å². The zero-order valence-electron chi connectivity index (χ0n) is 14.7. The van der Waals surface area contributed by atoms with Crippen LogP contribution >= 0.6 is 0 Å². The maximum atomic E-state index is 6.11. The Morgan fingerprint density at radius 3 is 2.10 bits per heavy atom. The standard InChI is InChI=1S/C16H29BN2O2/c1-9-12(4)19-10-13(18-14(19)11(2)3)17-20-15(5,6)16(7,8)21-17/h10-12H,9H2,1-8H3. The molecule has 5 heteroatoms. The molecule has 1 saturated heterocycles. The fourth-order valence-electron chi connectivity index (χ4n) is 2.48. The number of rotatable bonds is 4. The molecule has 1 fully saturated rings. The molecule has 2 rings (SSSR count). The minimum absolute atomic E-state index is 0.324. The summed E-state index contributed by atoms with van der Waals surface area (Å²) in [6, 6.07) is 0.436. The van der Waals surface area contributed by atoms with E-state index in [-0.39, 0.29) is 18.3 Å². The Hall–Kier alpha value is -0.805.